The zero-order valence-corrected chi connectivity index (χ0v) is 8.63. The minimum Gasteiger partial charge on any atom is -0.299 e. The molecular formula is C13H14O. The molecule has 0 saturated carbocycles. The summed E-state index contributed by atoms with van der Waals surface area (Å²) in [6.07, 6.45) is 4.22. The lowest BCUT2D eigenvalue weighted by Crippen LogP contribution is -2.12. The SMILES string of the molecule is CC(C)c1ccc2c(c1)[C]CC(=O)C2. The van der Waals surface area contributed by atoms with Crippen LogP contribution in [0.15, 0.2) is 18.2 Å². The molecule has 0 atom stereocenters. The Morgan fingerprint density at radius 2 is 2.14 bits per heavy atom. The molecule has 2 radical (unpaired) electrons. The predicted octanol–water partition coefficient (Wildman–Crippen LogP) is 2.75. The summed E-state index contributed by atoms with van der Waals surface area (Å²) in [5.74, 6) is 0.814. The van der Waals surface area contributed by atoms with E-state index in [0.29, 0.717) is 18.8 Å². The highest BCUT2D eigenvalue weighted by Crippen LogP contribution is 2.25. The Balaban J connectivity index is 2.36. The average Bonchev–Trinajstić information content (AvgIpc) is 2.16. The van der Waals surface area contributed by atoms with Crippen LogP contribution in [0.1, 0.15) is 42.9 Å². The summed E-state index contributed by atoms with van der Waals surface area (Å²) in [4.78, 5) is 11.2. The fourth-order valence-electron chi connectivity index (χ4n) is 1.74. The summed E-state index contributed by atoms with van der Waals surface area (Å²) < 4.78 is 0. The first-order valence-electron chi connectivity index (χ1n) is 5.05. The Hall–Kier alpha value is -1.11. The molecular weight excluding hydrogens is 172 g/mol. The fourth-order valence-corrected chi connectivity index (χ4v) is 1.74. The number of ketones is 1. The maximum Gasteiger partial charge on any atom is 0.138 e. The number of hydrogen-bond donors (Lipinski definition) is 0. The van der Waals surface area contributed by atoms with Gasteiger partial charge in [-0.2, -0.15) is 0 Å². The molecule has 0 heterocycles. The van der Waals surface area contributed by atoms with Gasteiger partial charge in [0.25, 0.3) is 0 Å². The van der Waals surface area contributed by atoms with E-state index >= 15 is 0 Å². The molecule has 0 amide bonds. The molecule has 0 unspecified atom stereocenters. The van der Waals surface area contributed by atoms with Crippen LogP contribution < -0.4 is 0 Å². The van der Waals surface area contributed by atoms with Crippen molar-refractivity contribution in [1.82, 2.24) is 0 Å². The van der Waals surface area contributed by atoms with Gasteiger partial charge in [0.15, 0.2) is 0 Å². The van der Waals surface area contributed by atoms with Gasteiger partial charge >= 0.3 is 0 Å². The summed E-state index contributed by atoms with van der Waals surface area (Å²) in [5, 5.41) is 0. The van der Waals surface area contributed by atoms with Gasteiger partial charge in [-0.15, -0.1) is 0 Å². The van der Waals surface area contributed by atoms with Gasteiger partial charge < -0.3 is 0 Å². The molecule has 1 aromatic carbocycles. The Morgan fingerprint density at radius 1 is 1.36 bits per heavy atom. The summed E-state index contributed by atoms with van der Waals surface area (Å²) in [7, 11) is 0. The zero-order valence-electron chi connectivity index (χ0n) is 8.63. The smallest absolute Gasteiger partial charge is 0.138 e. The van der Waals surface area contributed by atoms with Crippen molar-refractivity contribution in [2.45, 2.75) is 32.6 Å². The molecule has 0 aromatic heterocycles. The van der Waals surface area contributed by atoms with Gasteiger partial charge in [0.2, 0.25) is 0 Å². The number of Topliss-reactive ketones (excluding diaryl/α,β-unsaturated/α-hetero) is 1. The van der Waals surface area contributed by atoms with Gasteiger partial charge in [0.05, 0.1) is 0 Å². The standard InChI is InChI=1S/C13H14O/c1-9(2)10-3-4-12-8-13(14)6-5-11(12)7-10/h3-4,7,9H,6,8H2,1-2H3. The van der Waals surface area contributed by atoms with E-state index in [1.165, 1.54) is 5.56 Å². The van der Waals surface area contributed by atoms with Gasteiger partial charge in [0, 0.05) is 19.3 Å². The van der Waals surface area contributed by atoms with Crippen molar-refractivity contribution in [3.8, 4) is 0 Å². The first kappa shape index (κ1) is 9.45. The lowest BCUT2D eigenvalue weighted by molar-refractivity contribution is -0.118. The van der Waals surface area contributed by atoms with E-state index in [9.17, 15) is 4.79 Å². The third kappa shape index (κ3) is 1.72. The van der Waals surface area contributed by atoms with E-state index in [0.717, 1.165) is 11.1 Å². The lowest BCUT2D eigenvalue weighted by Gasteiger charge is -2.16. The molecule has 0 N–H and O–H groups in total. The third-order valence-corrected chi connectivity index (χ3v) is 2.66. The van der Waals surface area contributed by atoms with Gasteiger partial charge in [0.1, 0.15) is 5.78 Å². The molecule has 0 saturated heterocycles. The monoisotopic (exact) mass is 186 g/mol. The average molecular weight is 186 g/mol. The second kappa shape index (κ2) is 3.56. The van der Waals surface area contributed by atoms with Crippen LogP contribution in [0.25, 0.3) is 0 Å². The quantitative estimate of drug-likeness (QED) is 0.659. The van der Waals surface area contributed by atoms with Crippen molar-refractivity contribution in [2.24, 2.45) is 0 Å². The summed E-state index contributed by atoms with van der Waals surface area (Å²) in [6, 6.07) is 6.34. The Labute approximate surface area is 85.1 Å². The Morgan fingerprint density at radius 3 is 2.86 bits per heavy atom. The van der Waals surface area contributed by atoms with Crippen molar-refractivity contribution in [1.29, 1.82) is 0 Å². The number of rotatable bonds is 1. The van der Waals surface area contributed by atoms with Crippen molar-refractivity contribution in [2.75, 3.05) is 0 Å². The number of carbonyl (C=O) groups is 1. The van der Waals surface area contributed by atoms with Gasteiger partial charge in [-0.25, -0.2) is 0 Å². The summed E-state index contributed by atoms with van der Waals surface area (Å²) in [6.45, 7) is 4.35. The first-order valence-corrected chi connectivity index (χ1v) is 5.05. The second-order valence-electron chi connectivity index (χ2n) is 4.14. The van der Waals surface area contributed by atoms with Gasteiger partial charge in [-0.1, -0.05) is 32.0 Å². The number of benzene rings is 1. The largest absolute Gasteiger partial charge is 0.299 e. The maximum atomic E-state index is 11.2. The molecule has 2 rings (SSSR count). The van der Waals surface area contributed by atoms with Gasteiger partial charge in [-0.3, -0.25) is 4.79 Å². The van der Waals surface area contributed by atoms with Crippen LogP contribution in [0.2, 0.25) is 0 Å². The molecule has 1 nitrogen and oxygen atoms in total. The highest BCUT2D eigenvalue weighted by Gasteiger charge is 2.16. The zero-order chi connectivity index (χ0) is 10.1. The summed E-state index contributed by atoms with van der Waals surface area (Å²) in [5.41, 5.74) is 3.59. The Bertz CT molecular complexity index is 363. The number of carbonyl (C=O) groups excluding carboxylic acids is 1. The molecule has 0 spiro atoms. The van der Waals surface area contributed by atoms with Crippen LogP contribution in [-0.4, -0.2) is 5.78 Å². The minimum absolute atomic E-state index is 0.273. The van der Waals surface area contributed by atoms with Crippen LogP contribution in [0.4, 0.5) is 0 Å². The van der Waals surface area contributed by atoms with Crippen LogP contribution in [0.3, 0.4) is 0 Å². The number of fused-ring (bicyclic) bond motifs is 1. The second-order valence-corrected chi connectivity index (χ2v) is 4.14. The summed E-state index contributed by atoms with van der Waals surface area (Å²) >= 11 is 0. The van der Waals surface area contributed by atoms with Crippen molar-refractivity contribution in [3.63, 3.8) is 0 Å². The first-order chi connectivity index (χ1) is 6.66. The predicted molar refractivity (Wildman–Crippen MR) is 56.2 cm³/mol. The fraction of sp³-hybridized carbons (Fsp3) is 0.385. The molecule has 0 bridgehead atoms. The van der Waals surface area contributed by atoms with E-state index in [1.807, 2.05) is 0 Å². The molecule has 1 aliphatic rings. The van der Waals surface area contributed by atoms with Crippen molar-refractivity contribution < 1.29 is 4.79 Å². The van der Waals surface area contributed by atoms with Crippen LogP contribution in [0, 0.1) is 6.42 Å². The van der Waals surface area contributed by atoms with Crippen LogP contribution >= 0.6 is 0 Å². The van der Waals surface area contributed by atoms with E-state index in [-0.39, 0.29) is 5.78 Å². The van der Waals surface area contributed by atoms with Crippen molar-refractivity contribution >= 4 is 5.78 Å². The van der Waals surface area contributed by atoms with Crippen molar-refractivity contribution in [3.05, 3.63) is 41.3 Å². The molecule has 72 valence electrons. The van der Waals surface area contributed by atoms with E-state index in [2.05, 4.69) is 38.5 Å². The highest BCUT2D eigenvalue weighted by atomic mass is 16.1. The highest BCUT2D eigenvalue weighted by molar-refractivity contribution is 5.85. The molecule has 14 heavy (non-hydrogen) atoms. The Kier molecular flexibility index (Phi) is 2.40. The topological polar surface area (TPSA) is 17.1 Å². The van der Waals surface area contributed by atoms with Crippen LogP contribution in [0.5, 0.6) is 0 Å². The van der Waals surface area contributed by atoms with E-state index in [1.54, 1.807) is 0 Å². The molecule has 0 aliphatic heterocycles. The normalized spacial score (nSPS) is 15.8. The minimum atomic E-state index is 0.273. The molecule has 1 heteroatoms. The van der Waals surface area contributed by atoms with Gasteiger partial charge in [-0.05, 0) is 22.6 Å². The molecule has 1 aliphatic carbocycles. The van der Waals surface area contributed by atoms with Crippen LogP contribution in [-0.2, 0) is 11.2 Å². The van der Waals surface area contributed by atoms with E-state index in [4.69, 9.17) is 0 Å². The number of hydrogen-bond acceptors (Lipinski definition) is 1. The molecule has 1 aromatic rings. The maximum absolute atomic E-state index is 11.2. The van der Waals surface area contributed by atoms with E-state index < -0.39 is 0 Å². The lowest BCUT2D eigenvalue weighted by atomic mass is 9.88. The molecule has 0 fully saturated rings. The third-order valence-electron chi connectivity index (χ3n) is 2.66.